The SMILES string of the molecule is COCCNc1cnc(C(=O)Nc2ccccc2)cn1. The van der Waals surface area contributed by atoms with Gasteiger partial charge < -0.3 is 15.4 Å². The molecule has 0 aliphatic rings. The third-order valence-electron chi connectivity index (χ3n) is 2.53. The summed E-state index contributed by atoms with van der Waals surface area (Å²) >= 11 is 0. The molecule has 0 saturated heterocycles. The molecule has 6 nitrogen and oxygen atoms in total. The summed E-state index contributed by atoms with van der Waals surface area (Å²) in [4.78, 5) is 20.1. The minimum absolute atomic E-state index is 0.270. The number of hydrogen-bond donors (Lipinski definition) is 2. The lowest BCUT2D eigenvalue weighted by Crippen LogP contribution is -2.15. The second-order valence-electron chi connectivity index (χ2n) is 4.03. The highest BCUT2D eigenvalue weighted by molar-refractivity contribution is 6.02. The Morgan fingerprint density at radius 1 is 1.20 bits per heavy atom. The van der Waals surface area contributed by atoms with Gasteiger partial charge in [-0.05, 0) is 12.1 Å². The summed E-state index contributed by atoms with van der Waals surface area (Å²) in [5, 5.41) is 5.78. The van der Waals surface area contributed by atoms with E-state index in [0.29, 0.717) is 19.0 Å². The van der Waals surface area contributed by atoms with E-state index in [-0.39, 0.29) is 11.6 Å². The topological polar surface area (TPSA) is 76.1 Å². The number of para-hydroxylation sites is 1. The summed E-state index contributed by atoms with van der Waals surface area (Å²) in [6, 6.07) is 9.21. The van der Waals surface area contributed by atoms with Crippen LogP contribution in [0.5, 0.6) is 0 Å². The Hall–Kier alpha value is -2.47. The first-order valence-electron chi connectivity index (χ1n) is 6.21. The van der Waals surface area contributed by atoms with E-state index in [1.54, 1.807) is 7.11 Å². The summed E-state index contributed by atoms with van der Waals surface area (Å²) in [5.74, 6) is 0.324. The van der Waals surface area contributed by atoms with Gasteiger partial charge in [0.25, 0.3) is 5.91 Å². The van der Waals surface area contributed by atoms with E-state index in [2.05, 4.69) is 20.6 Å². The van der Waals surface area contributed by atoms with Crippen molar-refractivity contribution in [3.05, 3.63) is 48.4 Å². The Morgan fingerprint density at radius 3 is 2.65 bits per heavy atom. The first-order valence-corrected chi connectivity index (χ1v) is 6.21. The van der Waals surface area contributed by atoms with Crippen molar-refractivity contribution in [3.8, 4) is 0 Å². The molecule has 1 aromatic carbocycles. The second-order valence-corrected chi connectivity index (χ2v) is 4.03. The molecule has 20 heavy (non-hydrogen) atoms. The largest absolute Gasteiger partial charge is 0.383 e. The molecule has 0 fully saturated rings. The van der Waals surface area contributed by atoms with Gasteiger partial charge in [0.15, 0.2) is 0 Å². The number of benzene rings is 1. The van der Waals surface area contributed by atoms with Crippen LogP contribution >= 0.6 is 0 Å². The normalized spacial score (nSPS) is 10.1. The highest BCUT2D eigenvalue weighted by Crippen LogP contribution is 2.07. The zero-order valence-corrected chi connectivity index (χ0v) is 11.2. The standard InChI is InChI=1S/C14H16N4O2/c1-20-8-7-15-13-10-16-12(9-17-13)14(19)18-11-5-3-2-4-6-11/h2-6,9-10H,7-8H2,1H3,(H,15,17)(H,18,19). The molecule has 6 heteroatoms. The highest BCUT2D eigenvalue weighted by Gasteiger charge is 2.08. The van der Waals surface area contributed by atoms with Crippen LogP contribution in [0.15, 0.2) is 42.7 Å². The number of nitrogens with one attached hydrogen (secondary N) is 2. The van der Waals surface area contributed by atoms with Crippen LogP contribution in [-0.2, 0) is 4.74 Å². The van der Waals surface area contributed by atoms with E-state index < -0.39 is 0 Å². The van der Waals surface area contributed by atoms with E-state index in [4.69, 9.17) is 4.74 Å². The van der Waals surface area contributed by atoms with Gasteiger partial charge in [-0.15, -0.1) is 0 Å². The van der Waals surface area contributed by atoms with Crippen LogP contribution in [0.3, 0.4) is 0 Å². The third kappa shape index (κ3) is 4.03. The number of methoxy groups -OCH3 is 1. The lowest BCUT2D eigenvalue weighted by atomic mass is 10.3. The molecule has 1 heterocycles. The molecule has 0 radical (unpaired) electrons. The zero-order valence-electron chi connectivity index (χ0n) is 11.2. The maximum atomic E-state index is 11.9. The number of carbonyl (C=O) groups is 1. The van der Waals surface area contributed by atoms with Crippen molar-refractivity contribution < 1.29 is 9.53 Å². The van der Waals surface area contributed by atoms with Crippen LogP contribution in [0.4, 0.5) is 11.5 Å². The molecule has 0 unspecified atom stereocenters. The first-order chi connectivity index (χ1) is 9.79. The Labute approximate surface area is 117 Å². The van der Waals surface area contributed by atoms with E-state index in [1.165, 1.54) is 12.4 Å². The molecule has 2 aromatic rings. The lowest BCUT2D eigenvalue weighted by Gasteiger charge is -2.06. The van der Waals surface area contributed by atoms with E-state index in [9.17, 15) is 4.79 Å². The maximum absolute atomic E-state index is 11.9. The van der Waals surface area contributed by atoms with E-state index >= 15 is 0 Å². The molecule has 0 aliphatic carbocycles. The summed E-state index contributed by atoms with van der Waals surface area (Å²) in [5.41, 5.74) is 0.993. The Balaban J connectivity index is 1.94. The number of nitrogens with zero attached hydrogens (tertiary/aromatic N) is 2. The van der Waals surface area contributed by atoms with Gasteiger partial charge in [-0.1, -0.05) is 18.2 Å². The van der Waals surface area contributed by atoms with Gasteiger partial charge in [0.2, 0.25) is 0 Å². The van der Waals surface area contributed by atoms with Gasteiger partial charge >= 0.3 is 0 Å². The quantitative estimate of drug-likeness (QED) is 0.784. The average Bonchev–Trinajstić information content (AvgIpc) is 2.49. The van der Waals surface area contributed by atoms with Crippen LogP contribution in [0.1, 0.15) is 10.5 Å². The Bertz CT molecular complexity index is 543. The van der Waals surface area contributed by atoms with Gasteiger partial charge in [-0.25, -0.2) is 9.97 Å². The fourth-order valence-electron chi connectivity index (χ4n) is 1.53. The number of anilines is 2. The number of aromatic nitrogens is 2. The van der Waals surface area contributed by atoms with Gasteiger partial charge in [0.1, 0.15) is 11.5 Å². The van der Waals surface area contributed by atoms with Gasteiger partial charge in [-0.2, -0.15) is 0 Å². The van der Waals surface area contributed by atoms with Crippen LogP contribution in [0, 0.1) is 0 Å². The van der Waals surface area contributed by atoms with Crippen molar-refractivity contribution in [2.75, 3.05) is 30.9 Å². The number of rotatable bonds is 6. The monoisotopic (exact) mass is 272 g/mol. The molecule has 1 aromatic heterocycles. The lowest BCUT2D eigenvalue weighted by molar-refractivity contribution is 0.102. The van der Waals surface area contributed by atoms with E-state index in [0.717, 1.165) is 5.69 Å². The predicted molar refractivity (Wildman–Crippen MR) is 76.8 cm³/mol. The van der Waals surface area contributed by atoms with Crippen molar-refractivity contribution in [1.29, 1.82) is 0 Å². The van der Waals surface area contributed by atoms with Gasteiger partial charge in [0, 0.05) is 19.3 Å². The number of amides is 1. The predicted octanol–water partition coefficient (Wildman–Crippen LogP) is 1.79. The summed E-state index contributed by atoms with van der Waals surface area (Å²) in [6.45, 7) is 1.22. The van der Waals surface area contributed by atoms with Crippen molar-refractivity contribution in [3.63, 3.8) is 0 Å². The fraction of sp³-hybridized carbons (Fsp3) is 0.214. The molecule has 0 bridgehead atoms. The molecule has 0 spiro atoms. The number of ether oxygens (including phenoxy) is 1. The fourth-order valence-corrected chi connectivity index (χ4v) is 1.53. The maximum Gasteiger partial charge on any atom is 0.275 e. The average molecular weight is 272 g/mol. The minimum Gasteiger partial charge on any atom is -0.383 e. The Morgan fingerprint density at radius 2 is 2.00 bits per heavy atom. The van der Waals surface area contributed by atoms with Gasteiger partial charge in [-0.3, -0.25) is 4.79 Å². The third-order valence-corrected chi connectivity index (χ3v) is 2.53. The van der Waals surface area contributed by atoms with Crippen LogP contribution in [0.25, 0.3) is 0 Å². The van der Waals surface area contributed by atoms with Crippen LogP contribution < -0.4 is 10.6 Å². The second kappa shape index (κ2) is 7.20. The molecule has 2 rings (SSSR count). The zero-order chi connectivity index (χ0) is 14.2. The number of hydrogen-bond acceptors (Lipinski definition) is 5. The molecular weight excluding hydrogens is 256 g/mol. The molecule has 0 aliphatic heterocycles. The Kier molecular flexibility index (Phi) is 5.02. The van der Waals surface area contributed by atoms with Crippen molar-refractivity contribution in [1.82, 2.24) is 9.97 Å². The summed E-state index contributed by atoms with van der Waals surface area (Å²) in [7, 11) is 1.63. The van der Waals surface area contributed by atoms with E-state index in [1.807, 2.05) is 30.3 Å². The van der Waals surface area contributed by atoms with Gasteiger partial charge in [0.05, 0.1) is 19.0 Å². The highest BCUT2D eigenvalue weighted by atomic mass is 16.5. The number of carbonyl (C=O) groups excluding carboxylic acids is 1. The summed E-state index contributed by atoms with van der Waals surface area (Å²) < 4.78 is 4.92. The van der Waals surface area contributed by atoms with Crippen molar-refractivity contribution in [2.24, 2.45) is 0 Å². The van der Waals surface area contributed by atoms with Crippen molar-refractivity contribution in [2.45, 2.75) is 0 Å². The van der Waals surface area contributed by atoms with Crippen LogP contribution in [-0.4, -0.2) is 36.1 Å². The molecule has 1 amide bonds. The molecule has 0 saturated carbocycles. The first kappa shape index (κ1) is 14.0. The smallest absolute Gasteiger partial charge is 0.275 e. The van der Waals surface area contributed by atoms with Crippen molar-refractivity contribution >= 4 is 17.4 Å². The van der Waals surface area contributed by atoms with Crippen LogP contribution in [0.2, 0.25) is 0 Å². The molecular formula is C14H16N4O2. The minimum atomic E-state index is -0.285. The molecule has 104 valence electrons. The molecule has 2 N–H and O–H groups in total. The summed E-state index contributed by atoms with van der Waals surface area (Å²) in [6.07, 6.45) is 2.96. The molecule has 0 atom stereocenters.